The van der Waals surface area contributed by atoms with Crippen LogP contribution in [-0.2, 0) is 10.9 Å². The fourth-order valence-corrected chi connectivity index (χ4v) is 3.05. The van der Waals surface area contributed by atoms with E-state index < -0.39 is 17.3 Å². The normalized spacial score (nSPS) is 24.1. The van der Waals surface area contributed by atoms with E-state index in [0.717, 1.165) is 6.07 Å². The first-order valence-electron chi connectivity index (χ1n) is 6.74. The lowest BCUT2D eigenvalue weighted by Gasteiger charge is -2.28. The van der Waals surface area contributed by atoms with Gasteiger partial charge in [0.1, 0.15) is 0 Å². The van der Waals surface area contributed by atoms with Gasteiger partial charge in [-0.05, 0) is 52.3 Å². The Bertz CT molecular complexity index is 540. The Hall–Kier alpha value is -0.940. The molecule has 1 aliphatic rings. The van der Waals surface area contributed by atoms with Crippen molar-refractivity contribution >= 4 is 17.3 Å². The predicted octanol–water partition coefficient (Wildman–Crippen LogP) is 5.12. The van der Waals surface area contributed by atoms with Gasteiger partial charge in [-0.15, -0.1) is 0 Å². The summed E-state index contributed by atoms with van der Waals surface area (Å²) in [6.45, 7) is 7.80. The van der Waals surface area contributed by atoms with Crippen LogP contribution in [0.1, 0.15) is 39.7 Å². The molecule has 21 heavy (non-hydrogen) atoms. The topological polar surface area (TPSA) is 21.3 Å². The second-order valence-electron chi connectivity index (χ2n) is 6.56. The van der Waals surface area contributed by atoms with Gasteiger partial charge < -0.3 is 10.1 Å². The van der Waals surface area contributed by atoms with Crippen molar-refractivity contribution in [3.63, 3.8) is 0 Å². The van der Waals surface area contributed by atoms with E-state index in [1.807, 2.05) is 27.7 Å². The number of halogens is 4. The molecule has 6 heteroatoms. The monoisotopic (exact) mass is 321 g/mol. The van der Waals surface area contributed by atoms with Gasteiger partial charge in [0.15, 0.2) is 0 Å². The van der Waals surface area contributed by atoms with E-state index in [2.05, 4.69) is 5.32 Å². The van der Waals surface area contributed by atoms with Gasteiger partial charge in [-0.2, -0.15) is 13.2 Å². The highest BCUT2D eigenvalue weighted by Gasteiger charge is 2.46. The zero-order valence-corrected chi connectivity index (χ0v) is 13.2. The molecule has 0 aliphatic carbocycles. The number of ether oxygens (including phenoxy) is 1. The molecule has 0 amide bonds. The van der Waals surface area contributed by atoms with Crippen molar-refractivity contribution in [2.24, 2.45) is 0 Å². The second kappa shape index (κ2) is 5.06. The lowest BCUT2D eigenvalue weighted by Crippen LogP contribution is -2.38. The van der Waals surface area contributed by atoms with Crippen LogP contribution in [0.5, 0.6) is 0 Å². The van der Waals surface area contributed by atoms with Gasteiger partial charge in [0.05, 0.1) is 27.8 Å². The Kier molecular flexibility index (Phi) is 3.96. The summed E-state index contributed by atoms with van der Waals surface area (Å²) in [4.78, 5) is 0. The SMILES string of the molecule is CC1(C)CC(Nc2ccc(Cl)c(C(F)(F)F)c2)C(C)(C)O1. The third kappa shape index (κ3) is 3.64. The molecule has 1 atom stereocenters. The third-order valence-corrected chi connectivity index (χ3v) is 4.02. The minimum Gasteiger partial charge on any atom is -0.379 e. The first-order chi connectivity index (χ1) is 9.41. The Morgan fingerprint density at radius 1 is 1.24 bits per heavy atom. The Morgan fingerprint density at radius 2 is 1.86 bits per heavy atom. The first kappa shape index (κ1) is 16.4. The van der Waals surface area contributed by atoms with Crippen LogP contribution < -0.4 is 5.32 Å². The number of hydrogen-bond donors (Lipinski definition) is 1. The van der Waals surface area contributed by atoms with Gasteiger partial charge in [-0.3, -0.25) is 0 Å². The summed E-state index contributed by atoms with van der Waals surface area (Å²) in [5.74, 6) is 0. The lowest BCUT2D eigenvalue weighted by molar-refractivity contribution is -0.137. The molecule has 1 aromatic rings. The molecule has 0 bridgehead atoms. The van der Waals surface area contributed by atoms with Gasteiger partial charge in [-0.25, -0.2) is 0 Å². The third-order valence-electron chi connectivity index (χ3n) is 3.69. The van der Waals surface area contributed by atoms with Gasteiger partial charge in [-0.1, -0.05) is 11.6 Å². The molecule has 1 saturated heterocycles. The summed E-state index contributed by atoms with van der Waals surface area (Å²) in [5.41, 5.74) is -1.20. The molecule has 1 heterocycles. The summed E-state index contributed by atoms with van der Waals surface area (Å²) >= 11 is 5.63. The van der Waals surface area contributed by atoms with Crippen LogP contribution in [-0.4, -0.2) is 17.2 Å². The van der Waals surface area contributed by atoms with Crippen LogP contribution in [0.4, 0.5) is 18.9 Å². The molecule has 0 radical (unpaired) electrons. The van der Waals surface area contributed by atoms with Crippen LogP contribution in [0.3, 0.4) is 0 Å². The Balaban J connectivity index is 2.25. The van der Waals surface area contributed by atoms with Crippen molar-refractivity contribution in [1.82, 2.24) is 0 Å². The maximum Gasteiger partial charge on any atom is 0.417 e. The van der Waals surface area contributed by atoms with Gasteiger partial charge in [0.25, 0.3) is 0 Å². The number of rotatable bonds is 2. The van der Waals surface area contributed by atoms with Crippen molar-refractivity contribution in [2.75, 3.05) is 5.32 Å². The number of nitrogens with one attached hydrogen (secondary N) is 1. The molecule has 1 aromatic carbocycles. The molecule has 1 unspecified atom stereocenters. The summed E-state index contributed by atoms with van der Waals surface area (Å²) in [6, 6.07) is 3.79. The van der Waals surface area contributed by atoms with Crippen LogP contribution in [0.25, 0.3) is 0 Å². The summed E-state index contributed by atoms with van der Waals surface area (Å²) in [6.07, 6.45) is -3.75. The van der Waals surface area contributed by atoms with Crippen LogP contribution in [0.15, 0.2) is 18.2 Å². The van der Waals surface area contributed by atoms with E-state index in [-0.39, 0.29) is 16.7 Å². The molecule has 2 rings (SSSR count). The highest BCUT2D eigenvalue weighted by Crippen LogP contribution is 2.40. The number of alkyl halides is 3. The quantitative estimate of drug-likeness (QED) is 0.816. The van der Waals surface area contributed by atoms with E-state index in [4.69, 9.17) is 16.3 Å². The molecular formula is C15H19ClF3NO. The van der Waals surface area contributed by atoms with E-state index in [9.17, 15) is 13.2 Å². The molecule has 1 N–H and O–H groups in total. The highest BCUT2D eigenvalue weighted by molar-refractivity contribution is 6.31. The molecule has 0 aromatic heterocycles. The molecule has 0 spiro atoms. The molecule has 0 saturated carbocycles. The zero-order valence-electron chi connectivity index (χ0n) is 12.4. The van der Waals surface area contributed by atoms with Crippen LogP contribution >= 0.6 is 11.6 Å². The number of anilines is 1. The molecule has 1 aliphatic heterocycles. The summed E-state index contributed by atoms with van der Waals surface area (Å²) in [7, 11) is 0. The molecular weight excluding hydrogens is 303 g/mol. The fraction of sp³-hybridized carbons (Fsp3) is 0.600. The largest absolute Gasteiger partial charge is 0.417 e. The number of hydrogen-bond acceptors (Lipinski definition) is 2. The van der Waals surface area contributed by atoms with Crippen molar-refractivity contribution in [2.45, 2.75) is 57.5 Å². The lowest BCUT2D eigenvalue weighted by atomic mass is 9.94. The van der Waals surface area contributed by atoms with Crippen molar-refractivity contribution < 1.29 is 17.9 Å². The fourth-order valence-electron chi connectivity index (χ4n) is 2.82. The van der Waals surface area contributed by atoms with Crippen LogP contribution in [0, 0.1) is 0 Å². The minimum absolute atomic E-state index is 0.0743. The average Bonchev–Trinajstić information content (AvgIpc) is 2.47. The standard InChI is InChI=1S/C15H19ClF3NO/c1-13(2)8-12(14(3,4)21-13)20-9-5-6-11(16)10(7-9)15(17,18)19/h5-7,12,20H,8H2,1-4H3. The second-order valence-corrected chi connectivity index (χ2v) is 6.97. The van der Waals surface area contributed by atoms with Gasteiger partial charge in [0, 0.05) is 5.69 Å². The minimum atomic E-state index is -4.46. The van der Waals surface area contributed by atoms with Crippen molar-refractivity contribution in [3.05, 3.63) is 28.8 Å². The smallest absolute Gasteiger partial charge is 0.379 e. The zero-order chi connectivity index (χ0) is 16.1. The van der Waals surface area contributed by atoms with E-state index in [0.29, 0.717) is 12.1 Å². The average molecular weight is 322 g/mol. The molecule has 2 nitrogen and oxygen atoms in total. The summed E-state index contributed by atoms with van der Waals surface area (Å²) < 4.78 is 44.6. The highest BCUT2D eigenvalue weighted by atomic mass is 35.5. The van der Waals surface area contributed by atoms with Gasteiger partial charge in [0.2, 0.25) is 0 Å². The summed E-state index contributed by atoms with van der Waals surface area (Å²) in [5, 5.41) is 2.85. The predicted molar refractivity (Wildman–Crippen MR) is 77.7 cm³/mol. The van der Waals surface area contributed by atoms with Gasteiger partial charge >= 0.3 is 6.18 Å². The maximum atomic E-state index is 12.9. The Morgan fingerprint density at radius 3 is 2.33 bits per heavy atom. The molecule has 1 fully saturated rings. The van der Waals surface area contributed by atoms with E-state index >= 15 is 0 Å². The first-order valence-corrected chi connectivity index (χ1v) is 7.12. The Labute approximate surface area is 127 Å². The van der Waals surface area contributed by atoms with E-state index in [1.54, 1.807) is 6.07 Å². The maximum absolute atomic E-state index is 12.9. The van der Waals surface area contributed by atoms with E-state index in [1.165, 1.54) is 6.07 Å². The van der Waals surface area contributed by atoms with Crippen LogP contribution in [0.2, 0.25) is 5.02 Å². The van der Waals surface area contributed by atoms with Crippen molar-refractivity contribution in [1.29, 1.82) is 0 Å². The van der Waals surface area contributed by atoms with Crippen molar-refractivity contribution in [3.8, 4) is 0 Å². The molecule has 118 valence electrons. The number of benzene rings is 1.